The summed E-state index contributed by atoms with van der Waals surface area (Å²) in [6.07, 6.45) is 9.12. The van der Waals surface area contributed by atoms with Gasteiger partial charge in [-0.25, -0.2) is 0 Å². The van der Waals surface area contributed by atoms with E-state index in [4.69, 9.17) is 0 Å². The van der Waals surface area contributed by atoms with Crippen LogP contribution in [0.2, 0.25) is 0 Å². The fourth-order valence-electron chi connectivity index (χ4n) is 5.69. The Kier molecular flexibility index (Phi) is 4.44. The average molecular weight is 321 g/mol. The van der Waals surface area contributed by atoms with Crippen molar-refractivity contribution in [1.29, 1.82) is 0 Å². The maximum Gasteiger partial charge on any atom is 0.102 e. The first-order chi connectivity index (χ1) is 10.1. The molecule has 0 aliphatic heterocycles. The van der Waals surface area contributed by atoms with E-state index in [9.17, 15) is 0 Å². The van der Waals surface area contributed by atoms with Crippen molar-refractivity contribution in [2.24, 2.45) is 17.8 Å². The highest BCUT2D eigenvalue weighted by atomic mass is 35.5. The SMILES string of the molecule is CN(C)c1ccc(C[NH2+]C23CC4CC(CC(C4)C2)C3)cc1.[Cl-]. The van der Waals surface area contributed by atoms with Crippen LogP contribution in [0.15, 0.2) is 24.3 Å². The highest BCUT2D eigenvalue weighted by Crippen LogP contribution is 2.54. The summed E-state index contributed by atoms with van der Waals surface area (Å²) in [7, 11) is 4.22. The van der Waals surface area contributed by atoms with Crippen LogP contribution < -0.4 is 22.6 Å². The van der Waals surface area contributed by atoms with Gasteiger partial charge in [-0.3, -0.25) is 0 Å². The molecule has 22 heavy (non-hydrogen) atoms. The Morgan fingerprint density at radius 3 is 1.91 bits per heavy atom. The quantitative estimate of drug-likeness (QED) is 0.814. The third-order valence-electron chi connectivity index (χ3n) is 6.31. The van der Waals surface area contributed by atoms with E-state index < -0.39 is 0 Å². The van der Waals surface area contributed by atoms with Gasteiger partial charge in [0.05, 0.1) is 5.54 Å². The lowest BCUT2D eigenvalue weighted by molar-refractivity contribution is -0.752. The monoisotopic (exact) mass is 320 g/mol. The maximum atomic E-state index is 2.71. The third-order valence-corrected chi connectivity index (χ3v) is 6.31. The molecule has 0 spiro atoms. The van der Waals surface area contributed by atoms with Crippen LogP contribution in [-0.2, 0) is 6.54 Å². The summed E-state index contributed by atoms with van der Waals surface area (Å²) in [6, 6.07) is 9.13. The molecule has 1 aromatic carbocycles. The molecule has 0 unspecified atom stereocenters. The number of hydrogen-bond acceptors (Lipinski definition) is 1. The van der Waals surface area contributed by atoms with Gasteiger partial charge in [0.2, 0.25) is 0 Å². The summed E-state index contributed by atoms with van der Waals surface area (Å²) in [5, 5.41) is 2.71. The van der Waals surface area contributed by atoms with E-state index in [0.717, 1.165) is 17.8 Å². The summed E-state index contributed by atoms with van der Waals surface area (Å²) in [6.45, 7) is 1.17. The Labute approximate surface area is 141 Å². The van der Waals surface area contributed by atoms with Gasteiger partial charge in [0.15, 0.2) is 0 Å². The van der Waals surface area contributed by atoms with Crippen molar-refractivity contribution >= 4 is 5.69 Å². The van der Waals surface area contributed by atoms with E-state index in [1.165, 1.54) is 37.1 Å². The summed E-state index contributed by atoms with van der Waals surface area (Å²) in [5.41, 5.74) is 3.39. The average Bonchev–Trinajstić information content (AvgIpc) is 2.44. The highest BCUT2D eigenvalue weighted by molar-refractivity contribution is 5.45. The number of benzene rings is 1. The Morgan fingerprint density at radius 2 is 1.45 bits per heavy atom. The molecule has 4 fully saturated rings. The zero-order valence-corrected chi connectivity index (χ0v) is 14.6. The fraction of sp³-hybridized carbons (Fsp3) is 0.684. The highest BCUT2D eigenvalue weighted by Gasteiger charge is 2.53. The molecular formula is C19H29ClN2. The van der Waals surface area contributed by atoms with Crippen molar-refractivity contribution in [3.8, 4) is 0 Å². The first-order valence-corrected chi connectivity index (χ1v) is 8.72. The first-order valence-electron chi connectivity index (χ1n) is 8.72. The maximum absolute atomic E-state index is 2.71. The van der Waals surface area contributed by atoms with Gasteiger partial charge in [0.25, 0.3) is 0 Å². The lowest BCUT2D eigenvalue weighted by Gasteiger charge is -2.54. The van der Waals surface area contributed by atoms with Gasteiger partial charge in [-0.15, -0.1) is 0 Å². The minimum Gasteiger partial charge on any atom is -1.00 e. The van der Waals surface area contributed by atoms with Gasteiger partial charge < -0.3 is 22.6 Å². The number of hydrogen-bond donors (Lipinski definition) is 1. The topological polar surface area (TPSA) is 19.9 Å². The van der Waals surface area contributed by atoms with Crippen LogP contribution in [-0.4, -0.2) is 19.6 Å². The van der Waals surface area contributed by atoms with Crippen molar-refractivity contribution in [2.75, 3.05) is 19.0 Å². The molecule has 122 valence electrons. The standard InChI is InChI=1S/C19H28N2.ClH/c1-21(2)18-5-3-14(4-6-18)13-20-19-10-15-7-16(11-19)9-17(8-15)12-19;/h3-6,15-17,20H,7-13H2,1-2H3;1H. The number of anilines is 1. The minimum absolute atomic E-state index is 0. The molecule has 2 N–H and O–H groups in total. The van der Waals surface area contributed by atoms with E-state index in [-0.39, 0.29) is 12.4 Å². The van der Waals surface area contributed by atoms with Crippen molar-refractivity contribution in [1.82, 2.24) is 0 Å². The van der Waals surface area contributed by atoms with E-state index in [0.29, 0.717) is 5.54 Å². The normalized spacial score (nSPS) is 35.3. The van der Waals surface area contributed by atoms with Crippen LogP contribution in [0.3, 0.4) is 0 Å². The van der Waals surface area contributed by atoms with Crippen molar-refractivity contribution in [3.05, 3.63) is 29.8 Å². The number of quaternary nitrogens is 1. The number of nitrogens with zero attached hydrogens (tertiary/aromatic N) is 1. The molecule has 0 saturated heterocycles. The second-order valence-corrected chi connectivity index (χ2v) is 8.25. The van der Waals surface area contributed by atoms with Crippen LogP contribution in [0.1, 0.15) is 44.1 Å². The van der Waals surface area contributed by atoms with Crippen LogP contribution in [0.25, 0.3) is 0 Å². The van der Waals surface area contributed by atoms with Gasteiger partial charge in [-0.2, -0.15) is 0 Å². The molecular weight excluding hydrogens is 292 g/mol. The molecule has 2 nitrogen and oxygen atoms in total. The Balaban J connectivity index is 0.00000144. The summed E-state index contributed by atoms with van der Waals surface area (Å²) in [5.74, 6) is 3.18. The molecule has 1 aromatic rings. The molecule has 4 bridgehead atoms. The molecule has 0 radical (unpaired) electrons. The molecule has 4 aliphatic rings. The molecule has 3 heteroatoms. The van der Waals surface area contributed by atoms with Crippen LogP contribution in [0.4, 0.5) is 5.69 Å². The lowest BCUT2D eigenvalue weighted by atomic mass is 9.53. The van der Waals surface area contributed by atoms with Gasteiger partial charge in [-0.05, 0) is 49.1 Å². The largest absolute Gasteiger partial charge is 1.00 e. The molecule has 0 heterocycles. The van der Waals surface area contributed by atoms with Gasteiger partial charge in [0.1, 0.15) is 6.54 Å². The Hall–Kier alpha value is -0.730. The minimum atomic E-state index is 0. The molecule has 4 saturated carbocycles. The van der Waals surface area contributed by atoms with Crippen molar-refractivity contribution in [2.45, 2.75) is 50.6 Å². The summed E-state index contributed by atoms with van der Waals surface area (Å²) < 4.78 is 0. The third kappa shape index (κ3) is 3.00. The predicted octanol–water partition coefficient (Wildman–Crippen LogP) is -0.211. The second kappa shape index (κ2) is 6.05. The van der Waals surface area contributed by atoms with Gasteiger partial charge in [0, 0.05) is 44.6 Å². The predicted molar refractivity (Wildman–Crippen MR) is 87.3 cm³/mol. The molecule has 0 aromatic heterocycles. The Morgan fingerprint density at radius 1 is 0.955 bits per heavy atom. The zero-order chi connectivity index (χ0) is 14.4. The molecule has 5 rings (SSSR count). The number of rotatable bonds is 4. The van der Waals surface area contributed by atoms with Gasteiger partial charge in [-0.1, -0.05) is 12.1 Å². The van der Waals surface area contributed by atoms with Crippen molar-refractivity contribution in [3.63, 3.8) is 0 Å². The second-order valence-electron chi connectivity index (χ2n) is 8.25. The number of halogens is 1. The van der Waals surface area contributed by atoms with Crippen LogP contribution in [0.5, 0.6) is 0 Å². The summed E-state index contributed by atoms with van der Waals surface area (Å²) in [4.78, 5) is 2.17. The fourth-order valence-corrected chi connectivity index (χ4v) is 5.69. The van der Waals surface area contributed by atoms with E-state index >= 15 is 0 Å². The number of nitrogens with two attached hydrogens (primary N) is 1. The molecule has 4 aliphatic carbocycles. The molecule has 0 atom stereocenters. The van der Waals surface area contributed by atoms with Crippen molar-refractivity contribution < 1.29 is 17.7 Å². The first kappa shape index (κ1) is 16.1. The lowest BCUT2D eigenvalue weighted by Crippen LogP contribution is -3.00. The van der Waals surface area contributed by atoms with E-state index in [2.05, 4.69) is 48.6 Å². The van der Waals surface area contributed by atoms with E-state index in [1.807, 2.05) is 0 Å². The molecule has 0 amide bonds. The summed E-state index contributed by atoms with van der Waals surface area (Å²) >= 11 is 0. The van der Waals surface area contributed by atoms with Gasteiger partial charge >= 0.3 is 0 Å². The smallest absolute Gasteiger partial charge is 0.102 e. The Bertz CT molecular complexity index is 473. The van der Waals surface area contributed by atoms with Crippen LogP contribution in [0, 0.1) is 17.8 Å². The van der Waals surface area contributed by atoms with Crippen LogP contribution >= 0.6 is 0 Å². The zero-order valence-electron chi connectivity index (χ0n) is 13.9. The van der Waals surface area contributed by atoms with E-state index in [1.54, 1.807) is 19.3 Å².